The molecule has 5 rings (SSSR count). The van der Waals surface area contributed by atoms with Crippen LogP contribution in [0, 0.1) is 11.2 Å². The Morgan fingerprint density at radius 1 is 1.13 bits per heavy atom. The molecule has 0 saturated carbocycles. The summed E-state index contributed by atoms with van der Waals surface area (Å²) in [5.74, 6) is -0.622. The second-order valence-electron chi connectivity index (χ2n) is 11.4. The van der Waals surface area contributed by atoms with Crippen LogP contribution in [0.1, 0.15) is 64.9 Å². The number of carbonyl (C=O) groups is 3. The molecule has 4 aliphatic heterocycles. The van der Waals surface area contributed by atoms with E-state index in [0.717, 1.165) is 57.2 Å². The molecule has 3 unspecified atom stereocenters. The molecule has 1 aromatic rings. The molecule has 4 heterocycles. The van der Waals surface area contributed by atoms with Crippen molar-refractivity contribution in [1.29, 1.82) is 5.41 Å². The zero-order valence-electron chi connectivity index (χ0n) is 22.5. The van der Waals surface area contributed by atoms with E-state index in [0.29, 0.717) is 24.9 Å². The predicted molar refractivity (Wildman–Crippen MR) is 141 cm³/mol. The minimum absolute atomic E-state index is 0.0790. The number of ether oxygens (including phenoxy) is 1. The molecule has 1 aromatic carbocycles. The average Bonchev–Trinajstić information content (AvgIpc) is 3.33. The molecule has 9 nitrogen and oxygen atoms in total. The van der Waals surface area contributed by atoms with Gasteiger partial charge in [-0.3, -0.25) is 9.69 Å². The van der Waals surface area contributed by atoms with Crippen LogP contribution < -0.4 is 10.2 Å². The van der Waals surface area contributed by atoms with Crippen LogP contribution in [0.3, 0.4) is 0 Å². The number of piperidine rings is 2. The van der Waals surface area contributed by atoms with Crippen molar-refractivity contribution in [3.05, 3.63) is 29.6 Å². The predicted octanol–water partition coefficient (Wildman–Crippen LogP) is 3.84. The van der Waals surface area contributed by atoms with E-state index in [4.69, 9.17) is 10.1 Å². The molecule has 0 aromatic heterocycles. The number of fused-ring (bicyclic) bond motifs is 4. The summed E-state index contributed by atoms with van der Waals surface area (Å²) in [7, 11) is 0. The SMILES string of the molecule is CCOC(=O)N1C2CCC1CC(N1CCC3(CC1)CN(C(=O)NC(C(C)=N)C(C)=O)c1ccc(F)cc13)C2. The van der Waals surface area contributed by atoms with Crippen LogP contribution in [-0.2, 0) is 14.9 Å². The van der Waals surface area contributed by atoms with E-state index >= 15 is 0 Å². The third-order valence-corrected chi connectivity index (χ3v) is 9.09. The number of Topliss-reactive ketones (excluding diaryl/α,β-unsaturated/α-hetero) is 1. The largest absolute Gasteiger partial charge is 0.450 e. The maximum absolute atomic E-state index is 14.4. The van der Waals surface area contributed by atoms with Crippen molar-refractivity contribution < 1.29 is 23.5 Å². The van der Waals surface area contributed by atoms with Crippen molar-refractivity contribution in [2.24, 2.45) is 0 Å². The highest BCUT2D eigenvalue weighted by atomic mass is 19.1. The van der Waals surface area contributed by atoms with Gasteiger partial charge in [-0.05, 0) is 96.1 Å². The van der Waals surface area contributed by atoms with Gasteiger partial charge in [0, 0.05) is 41.5 Å². The lowest BCUT2D eigenvalue weighted by Gasteiger charge is -2.47. The third kappa shape index (κ3) is 4.67. The molecule has 3 atom stereocenters. The van der Waals surface area contributed by atoms with Crippen molar-refractivity contribution in [2.45, 2.75) is 88.9 Å². The van der Waals surface area contributed by atoms with E-state index in [1.807, 2.05) is 11.8 Å². The number of benzene rings is 1. The molecular formula is C28H38FN5O4. The lowest BCUT2D eigenvalue weighted by Crippen LogP contribution is -2.56. The Labute approximate surface area is 223 Å². The van der Waals surface area contributed by atoms with Gasteiger partial charge in [0.1, 0.15) is 11.9 Å². The van der Waals surface area contributed by atoms with Crippen molar-refractivity contribution in [1.82, 2.24) is 15.1 Å². The van der Waals surface area contributed by atoms with Gasteiger partial charge in [-0.1, -0.05) is 0 Å². The zero-order valence-corrected chi connectivity index (χ0v) is 22.5. The molecule has 1 spiro atoms. The molecule has 4 aliphatic rings. The van der Waals surface area contributed by atoms with Crippen molar-refractivity contribution in [2.75, 3.05) is 31.1 Å². The first-order valence-electron chi connectivity index (χ1n) is 13.8. The normalized spacial score (nSPS) is 26.7. The van der Waals surface area contributed by atoms with E-state index in [1.54, 1.807) is 17.0 Å². The highest BCUT2D eigenvalue weighted by molar-refractivity contribution is 6.09. The highest BCUT2D eigenvalue weighted by Crippen LogP contribution is 2.48. The summed E-state index contributed by atoms with van der Waals surface area (Å²) in [5, 5.41) is 10.6. The Hall–Kier alpha value is -3.01. The topological polar surface area (TPSA) is 106 Å². The van der Waals surface area contributed by atoms with Crippen LogP contribution in [-0.4, -0.2) is 83.8 Å². The number of rotatable bonds is 5. The van der Waals surface area contributed by atoms with Gasteiger partial charge in [0.15, 0.2) is 5.78 Å². The molecule has 3 fully saturated rings. The molecule has 3 amide bonds. The number of nitrogens with one attached hydrogen (secondary N) is 2. The Bertz CT molecular complexity index is 1110. The summed E-state index contributed by atoms with van der Waals surface area (Å²) in [6.45, 7) is 7.18. The lowest BCUT2D eigenvalue weighted by molar-refractivity contribution is -0.117. The van der Waals surface area contributed by atoms with Crippen LogP contribution in [0.25, 0.3) is 0 Å². The van der Waals surface area contributed by atoms with E-state index in [1.165, 1.54) is 19.9 Å². The number of nitrogens with zero attached hydrogens (tertiary/aromatic N) is 3. The first kappa shape index (κ1) is 26.6. The zero-order chi connectivity index (χ0) is 27.2. The minimum atomic E-state index is -0.972. The number of likely N-dealkylation sites (tertiary alicyclic amines) is 1. The van der Waals surface area contributed by atoms with Gasteiger partial charge < -0.3 is 25.3 Å². The second kappa shape index (κ2) is 10.3. The maximum atomic E-state index is 14.4. The van der Waals surface area contributed by atoms with Gasteiger partial charge in [0.25, 0.3) is 0 Å². The highest BCUT2D eigenvalue weighted by Gasteiger charge is 2.50. The van der Waals surface area contributed by atoms with Crippen LogP contribution in [0.15, 0.2) is 18.2 Å². The van der Waals surface area contributed by atoms with Crippen LogP contribution in [0.4, 0.5) is 19.7 Å². The fraction of sp³-hybridized carbons (Fsp3) is 0.643. The number of halogens is 1. The van der Waals surface area contributed by atoms with Crippen molar-refractivity contribution >= 4 is 29.3 Å². The lowest BCUT2D eigenvalue weighted by atomic mass is 9.73. The molecule has 2 bridgehead atoms. The number of carbonyl (C=O) groups excluding carboxylic acids is 3. The van der Waals surface area contributed by atoms with Gasteiger partial charge in [-0.2, -0.15) is 0 Å². The molecule has 2 N–H and O–H groups in total. The van der Waals surface area contributed by atoms with Crippen molar-refractivity contribution in [3.63, 3.8) is 0 Å². The van der Waals surface area contributed by atoms with Gasteiger partial charge in [-0.15, -0.1) is 0 Å². The number of ketones is 1. The van der Waals surface area contributed by atoms with Gasteiger partial charge in [0.2, 0.25) is 0 Å². The molecule has 206 valence electrons. The smallest absolute Gasteiger partial charge is 0.410 e. The van der Waals surface area contributed by atoms with Gasteiger partial charge >= 0.3 is 12.1 Å². The summed E-state index contributed by atoms with van der Waals surface area (Å²) >= 11 is 0. The fourth-order valence-electron chi connectivity index (χ4n) is 7.23. The number of amides is 3. The van der Waals surface area contributed by atoms with E-state index in [9.17, 15) is 18.8 Å². The quantitative estimate of drug-likeness (QED) is 0.566. The van der Waals surface area contributed by atoms with E-state index in [-0.39, 0.29) is 40.9 Å². The van der Waals surface area contributed by atoms with Crippen LogP contribution >= 0.6 is 0 Å². The van der Waals surface area contributed by atoms with Gasteiger partial charge in [0.05, 0.1) is 6.61 Å². The summed E-state index contributed by atoms with van der Waals surface area (Å²) in [6, 6.07) is 4.00. The Morgan fingerprint density at radius 2 is 1.79 bits per heavy atom. The molecule has 0 aliphatic carbocycles. The Kier molecular flexibility index (Phi) is 7.19. The number of anilines is 1. The standard InChI is InChI=1S/C28H38FN5O4/c1-4-38-27(37)34-20-6-7-21(34)15-22(14-20)32-11-9-28(10-12-32)16-33(24-8-5-19(29)13-23(24)28)26(36)31-25(17(2)30)18(3)35/h5,8,13,20-22,25,30H,4,6-7,9-12,14-16H2,1-3H3,(H,31,36). The van der Waals surface area contributed by atoms with E-state index < -0.39 is 12.1 Å². The molecule has 0 radical (unpaired) electrons. The number of hydrogen-bond donors (Lipinski definition) is 2. The maximum Gasteiger partial charge on any atom is 0.410 e. The molecular weight excluding hydrogens is 489 g/mol. The molecule has 38 heavy (non-hydrogen) atoms. The summed E-state index contributed by atoms with van der Waals surface area (Å²) in [5.41, 5.74) is 1.23. The number of hydrogen-bond acceptors (Lipinski definition) is 6. The summed E-state index contributed by atoms with van der Waals surface area (Å²) in [6.07, 6.45) is 5.32. The van der Waals surface area contributed by atoms with Crippen LogP contribution in [0.5, 0.6) is 0 Å². The third-order valence-electron chi connectivity index (χ3n) is 9.09. The second-order valence-corrected chi connectivity index (χ2v) is 11.4. The Morgan fingerprint density at radius 3 is 2.37 bits per heavy atom. The van der Waals surface area contributed by atoms with Crippen molar-refractivity contribution in [3.8, 4) is 0 Å². The molecule has 10 heteroatoms. The monoisotopic (exact) mass is 527 g/mol. The van der Waals surface area contributed by atoms with E-state index in [2.05, 4.69) is 10.2 Å². The first-order chi connectivity index (χ1) is 18.1. The first-order valence-corrected chi connectivity index (χ1v) is 13.8. The van der Waals surface area contributed by atoms with Crippen LogP contribution in [0.2, 0.25) is 0 Å². The summed E-state index contributed by atoms with van der Waals surface area (Å²) in [4.78, 5) is 43.8. The fourth-order valence-corrected chi connectivity index (χ4v) is 7.23. The molecule has 3 saturated heterocycles. The Balaban J connectivity index is 1.29. The summed E-state index contributed by atoms with van der Waals surface area (Å²) < 4.78 is 19.7. The average molecular weight is 528 g/mol. The van der Waals surface area contributed by atoms with Gasteiger partial charge in [-0.25, -0.2) is 14.0 Å². The minimum Gasteiger partial charge on any atom is -0.450 e. The number of urea groups is 1.